The number of thiophene rings is 1. The van der Waals surface area contributed by atoms with E-state index in [1.165, 1.54) is 11.3 Å². The lowest BCUT2D eigenvalue weighted by atomic mass is 10.1. The van der Waals surface area contributed by atoms with Crippen molar-refractivity contribution in [1.82, 2.24) is 4.90 Å². The third-order valence-electron chi connectivity index (χ3n) is 6.07. The van der Waals surface area contributed by atoms with E-state index < -0.39 is 6.10 Å². The molecule has 1 atom stereocenters. The number of carbonyl (C=O) groups is 3. The van der Waals surface area contributed by atoms with Crippen molar-refractivity contribution in [3.05, 3.63) is 76.5 Å². The van der Waals surface area contributed by atoms with Crippen molar-refractivity contribution in [2.24, 2.45) is 0 Å². The average Bonchev–Trinajstić information content (AvgIpc) is 3.43. The van der Waals surface area contributed by atoms with Gasteiger partial charge in [-0.25, -0.2) is 0 Å². The number of nitrogens with zero attached hydrogens (tertiary/aromatic N) is 2. The van der Waals surface area contributed by atoms with Gasteiger partial charge in [0.25, 0.3) is 17.7 Å². The van der Waals surface area contributed by atoms with E-state index in [1.807, 2.05) is 34.5 Å². The van der Waals surface area contributed by atoms with Crippen LogP contribution in [0.25, 0.3) is 0 Å². The maximum Gasteiger partial charge on any atom is 0.265 e. The van der Waals surface area contributed by atoms with Gasteiger partial charge in [-0.3, -0.25) is 14.4 Å². The second-order valence-corrected chi connectivity index (χ2v) is 9.34. The van der Waals surface area contributed by atoms with E-state index in [0.29, 0.717) is 27.6 Å². The fraction of sp³-hybridized carbons (Fsp3) is 0.269. The number of nitrogens with one attached hydrogen (secondary N) is 1. The number of benzene rings is 2. The minimum Gasteiger partial charge on any atom is -0.476 e. The standard InChI is InChI=1S/C26H25N3O4S/c30-24(23-12-7-15-34-23)27-19-9-6-8-18(16-19)25(31)29-17-22(26(32)28-13-4-1-5-14-28)33-21-11-3-2-10-20(21)29/h2-3,6-12,15-16,22H,1,4-5,13-14,17H2,(H,27,30)/t22-/m0/s1. The monoisotopic (exact) mass is 475 g/mol. The molecule has 5 rings (SSSR count). The Morgan fingerprint density at radius 1 is 0.941 bits per heavy atom. The predicted molar refractivity (Wildman–Crippen MR) is 132 cm³/mol. The van der Waals surface area contributed by atoms with Gasteiger partial charge in [-0.15, -0.1) is 11.3 Å². The van der Waals surface area contributed by atoms with Crippen molar-refractivity contribution in [1.29, 1.82) is 0 Å². The molecule has 2 aromatic carbocycles. The van der Waals surface area contributed by atoms with Gasteiger partial charge in [0.2, 0.25) is 0 Å². The largest absolute Gasteiger partial charge is 0.476 e. The van der Waals surface area contributed by atoms with Crippen LogP contribution < -0.4 is 15.0 Å². The van der Waals surface area contributed by atoms with Crippen molar-refractivity contribution in [2.45, 2.75) is 25.4 Å². The molecular weight excluding hydrogens is 450 g/mol. The van der Waals surface area contributed by atoms with E-state index >= 15 is 0 Å². The zero-order valence-electron chi connectivity index (χ0n) is 18.6. The Morgan fingerprint density at radius 3 is 2.56 bits per heavy atom. The summed E-state index contributed by atoms with van der Waals surface area (Å²) in [6.45, 7) is 1.58. The summed E-state index contributed by atoms with van der Waals surface area (Å²) in [5.74, 6) is -0.0356. The van der Waals surface area contributed by atoms with Gasteiger partial charge >= 0.3 is 0 Å². The molecule has 3 heterocycles. The first-order valence-electron chi connectivity index (χ1n) is 11.4. The molecule has 3 amide bonds. The number of carbonyl (C=O) groups excluding carboxylic acids is 3. The van der Waals surface area contributed by atoms with Crippen LogP contribution in [-0.2, 0) is 4.79 Å². The van der Waals surface area contributed by atoms with Crippen LogP contribution in [0.15, 0.2) is 66.0 Å². The number of anilines is 2. The van der Waals surface area contributed by atoms with Gasteiger partial charge in [-0.1, -0.05) is 24.3 Å². The number of hydrogen-bond donors (Lipinski definition) is 1. The number of piperidine rings is 1. The molecule has 8 heteroatoms. The van der Waals surface area contributed by atoms with Gasteiger partial charge in [0.05, 0.1) is 17.1 Å². The highest BCUT2D eigenvalue weighted by Gasteiger charge is 2.36. The lowest BCUT2D eigenvalue weighted by molar-refractivity contribution is -0.139. The van der Waals surface area contributed by atoms with E-state index in [4.69, 9.17) is 4.74 Å². The molecule has 174 valence electrons. The van der Waals surface area contributed by atoms with Crippen LogP contribution in [0.1, 0.15) is 39.3 Å². The Balaban J connectivity index is 1.39. The molecule has 0 aliphatic carbocycles. The van der Waals surface area contributed by atoms with Gasteiger partial charge in [0.1, 0.15) is 5.75 Å². The van der Waals surface area contributed by atoms with E-state index in [1.54, 1.807) is 41.3 Å². The molecule has 0 saturated carbocycles. The zero-order valence-corrected chi connectivity index (χ0v) is 19.4. The Bertz CT molecular complexity index is 1200. The van der Waals surface area contributed by atoms with Crippen LogP contribution in [0.3, 0.4) is 0 Å². The van der Waals surface area contributed by atoms with Gasteiger partial charge < -0.3 is 19.9 Å². The maximum absolute atomic E-state index is 13.6. The molecule has 0 unspecified atom stereocenters. The maximum atomic E-state index is 13.6. The molecule has 2 aliphatic rings. The first-order valence-corrected chi connectivity index (χ1v) is 12.3. The van der Waals surface area contributed by atoms with Crippen LogP contribution in [0.5, 0.6) is 5.75 Å². The lowest BCUT2D eigenvalue weighted by Gasteiger charge is -2.37. The topological polar surface area (TPSA) is 79.0 Å². The minimum atomic E-state index is -0.751. The Morgan fingerprint density at radius 2 is 1.76 bits per heavy atom. The second kappa shape index (κ2) is 9.69. The Labute approximate surface area is 201 Å². The molecule has 2 aliphatic heterocycles. The van der Waals surface area contributed by atoms with Crippen LogP contribution in [0.4, 0.5) is 11.4 Å². The zero-order chi connectivity index (χ0) is 23.5. The van der Waals surface area contributed by atoms with E-state index in [-0.39, 0.29) is 24.3 Å². The average molecular weight is 476 g/mol. The van der Waals surface area contributed by atoms with Gasteiger partial charge in [-0.2, -0.15) is 0 Å². The number of hydrogen-bond acceptors (Lipinski definition) is 5. The molecular formula is C26H25N3O4S. The molecule has 34 heavy (non-hydrogen) atoms. The SMILES string of the molecule is O=C(Nc1cccc(C(=O)N2C[C@@H](C(=O)N3CCCCC3)Oc3ccccc32)c1)c1cccs1. The first kappa shape index (κ1) is 22.2. The van der Waals surface area contributed by atoms with E-state index in [0.717, 1.165) is 32.4 Å². The molecule has 1 aromatic heterocycles. The minimum absolute atomic E-state index is 0.0797. The number of likely N-dealkylation sites (tertiary alicyclic amines) is 1. The van der Waals surface area contributed by atoms with Crippen LogP contribution in [-0.4, -0.2) is 48.4 Å². The fourth-order valence-electron chi connectivity index (χ4n) is 4.36. The summed E-state index contributed by atoms with van der Waals surface area (Å²) in [5, 5.41) is 4.69. The summed E-state index contributed by atoms with van der Waals surface area (Å²) in [6.07, 6.45) is 2.35. The molecule has 3 aromatic rings. The first-order chi connectivity index (χ1) is 16.6. The van der Waals surface area contributed by atoms with Gasteiger partial charge in [0.15, 0.2) is 6.10 Å². The number of ether oxygens (including phenoxy) is 1. The Kier molecular flexibility index (Phi) is 6.31. The number of fused-ring (bicyclic) bond motifs is 1. The van der Waals surface area contributed by atoms with Crippen LogP contribution in [0.2, 0.25) is 0 Å². The van der Waals surface area contributed by atoms with Crippen LogP contribution >= 0.6 is 11.3 Å². The third kappa shape index (κ3) is 4.54. The highest BCUT2D eigenvalue weighted by molar-refractivity contribution is 7.12. The van der Waals surface area contributed by atoms with E-state index in [9.17, 15) is 14.4 Å². The number of para-hydroxylation sites is 2. The molecule has 0 bridgehead atoms. The van der Waals surface area contributed by atoms with Crippen molar-refractivity contribution < 1.29 is 19.1 Å². The van der Waals surface area contributed by atoms with Gasteiger partial charge in [-0.05, 0) is 61.0 Å². The van der Waals surface area contributed by atoms with Crippen molar-refractivity contribution >= 4 is 40.4 Å². The molecule has 0 radical (unpaired) electrons. The summed E-state index contributed by atoms with van der Waals surface area (Å²) in [5.41, 5.74) is 1.58. The van der Waals surface area contributed by atoms with Crippen molar-refractivity contribution in [3.8, 4) is 5.75 Å². The molecule has 7 nitrogen and oxygen atoms in total. The molecule has 0 spiro atoms. The Hall–Kier alpha value is -3.65. The highest BCUT2D eigenvalue weighted by Crippen LogP contribution is 2.35. The summed E-state index contributed by atoms with van der Waals surface area (Å²) < 4.78 is 6.04. The summed E-state index contributed by atoms with van der Waals surface area (Å²) in [4.78, 5) is 43.3. The fourth-order valence-corrected chi connectivity index (χ4v) is 4.98. The highest BCUT2D eigenvalue weighted by atomic mass is 32.1. The number of rotatable bonds is 4. The summed E-state index contributed by atoms with van der Waals surface area (Å²) in [6, 6.07) is 17.7. The second-order valence-electron chi connectivity index (χ2n) is 8.39. The lowest BCUT2D eigenvalue weighted by Crippen LogP contribution is -2.52. The third-order valence-corrected chi connectivity index (χ3v) is 6.94. The quantitative estimate of drug-likeness (QED) is 0.606. The molecule has 1 N–H and O–H groups in total. The van der Waals surface area contributed by atoms with Crippen molar-refractivity contribution in [2.75, 3.05) is 29.9 Å². The predicted octanol–water partition coefficient (Wildman–Crippen LogP) is 4.42. The smallest absolute Gasteiger partial charge is 0.265 e. The summed E-state index contributed by atoms with van der Waals surface area (Å²) in [7, 11) is 0. The van der Waals surface area contributed by atoms with E-state index in [2.05, 4.69) is 5.32 Å². The van der Waals surface area contributed by atoms with Crippen LogP contribution in [0, 0.1) is 0 Å². The molecule has 1 fully saturated rings. The van der Waals surface area contributed by atoms with Gasteiger partial charge in [0, 0.05) is 24.3 Å². The summed E-state index contributed by atoms with van der Waals surface area (Å²) >= 11 is 1.35. The normalized spacial score (nSPS) is 17.5. The number of amides is 3. The molecule has 1 saturated heterocycles. The van der Waals surface area contributed by atoms with Crippen molar-refractivity contribution in [3.63, 3.8) is 0 Å².